The normalized spacial score (nSPS) is 11.0. The van der Waals surface area contributed by atoms with Crippen LogP contribution in [0.5, 0.6) is 0 Å². The Labute approximate surface area is 221 Å². The van der Waals surface area contributed by atoms with Crippen molar-refractivity contribution >= 4 is 55.7 Å². The minimum Gasteiger partial charge on any atom is -0.345 e. The fourth-order valence-corrected chi connectivity index (χ4v) is 4.85. The molecule has 5 nitrogen and oxygen atoms in total. The Bertz CT molecular complexity index is 1680. The van der Waals surface area contributed by atoms with Crippen molar-refractivity contribution in [3.05, 3.63) is 144 Å². The summed E-state index contributed by atoms with van der Waals surface area (Å²) in [6.45, 7) is 0. The van der Waals surface area contributed by atoms with Crippen LogP contribution in [0.1, 0.15) is 0 Å². The molecule has 38 heavy (non-hydrogen) atoms. The van der Waals surface area contributed by atoms with Gasteiger partial charge in [0.15, 0.2) is 0 Å². The average molecular weight is 496 g/mol. The lowest BCUT2D eigenvalue weighted by Crippen LogP contribution is -2.12. The van der Waals surface area contributed by atoms with Crippen LogP contribution in [0.2, 0.25) is 0 Å². The standard InChI is InChI=1S/C33H25N3O2/c1-34(29-16-20-31(21-17-29)36(37)38)28-14-18-30(19-15-28)35(32-12-10-24-6-2-4-8-26(24)22-32)33-13-11-25-7-3-5-9-27(25)23-33/h2-23H,1H3. The summed E-state index contributed by atoms with van der Waals surface area (Å²) in [7, 11) is 1.96. The van der Waals surface area contributed by atoms with Gasteiger partial charge in [0.25, 0.3) is 5.69 Å². The number of hydrogen-bond acceptors (Lipinski definition) is 4. The van der Waals surface area contributed by atoms with Gasteiger partial charge in [0.05, 0.1) is 4.92 Å². The molecule has 6 aromatic carbocycles. The minimum atomic E-state index is -0.382. The van der Waals surface area contributed by atoms with E-state index in [0.29, 0.717) is 0 Å². The zero-order chi connectivity index (χ0) is 26.1. The fraction of sp³-hybridized carbons (Fsp3) is 0.0303. The molecule has 0 saturated carbocycles. The van der Waals surface area contributed by atoms with E-state index in [1.807, 2.05) is 11.9 Å². The highest BCUT2D eigenvalue weighted by Crippen LogP contribution is 2.38. The number of nitrogens with zero attached hydrogens (tertiary/aromatic N) is 3. The molecule has 6 rings (SSSR count). The van der Waals surface area contributed by atoms with Gasteiger partial charge in [-0.3, -0.25) is 10.1 Å². The number of fused-ring (bicyclic) bond motifs is 2. The van der Waals surface area contributed by atoms with Crippen LogP contribution < -0.4 is 9.80 Å². The molecule has 0 bridgehead atoms. The van der Waals surface area contributed by atoms with Crippen molar-refractivity contribution in [2.45, 2.75) is 0 Å². The molecule has 0 fully saturated rings. The fourth-order valence-electron chi connectivity index (χ4n) is 4.85. The summed E-state index contributed by atoms with van der Waals surface area (Å²) in [6, 6.07) is 44.8. The lowest BCUT2D eigenvalue weighted by atomic mass is 10.1. The van der Waals surface area contributed by atoms with Crippen molar-refractivity contribution in [1.29, 1.82) is 0 Å². The number of rotatable bonds is 6. The molecule has 0 aliphatic rings. The second-order valence-electron chi connectivity index (χ2n) is 9.25. The van der Waals surface area contributed by atoms with E-state index in [4.69, 9.17) is 0 Å². The summed E-state index contributed by atoms with van der Waals surface area (Å²) < 4.78 is 0. The van der Waals surface area contributed by atoms with Crippen LogP contribution in [0, 0.1) is 10.1 Å². The second-order valence-corrected chi connectivity index (χ2v) is 9.25. The molecule has 0 atom stereocenters. The lowest BCUT2D eigenvalue weighted by molar-refractivity contribution is -0.384. The first-order valence-corrected chi connectivity index (χ1v) is 12.4. The molecule has 0 aliphatic carbocycles. The zero-order valence-electron chi connectivity index (χ0n) is 20.9. The van der Waals surface area contributed by atoms with E-state index in [1.165, 1.54) is 33.7 Å². The van der Waals surface area contributed by atoms with Gasteiger partial charge in [-0.2, -0.15) is 0 Å². The number of nitro benzene ring substituents is 1. The van der Waals surface area contributed by atoms with Gasteiger partial charge < -0.3 is 9.80 Å². The number of benzene rings is 6. The van der Waals surface area contributed by atoms with E-state index < -0.39 is 0 Å². The van der Waals surface area contributed by atoms with Gasteiger partial charge in [0.1, 0.15) is 0 Å². The van der Waals surface area contributed by atoms with E-state index in [1.54, 1.807) is 12.1 Å². The molecule has 0 amide bonds. The molecule has 0 aliphatic heterocycles. The Hall–Kier alpha value is -5.16. The van der Waals surface area contributed by atoms with Crippen molar-refractivity contribution in [3.8, 4) is 0 Å². The van der Waals surface area contributed by atoms with Gasteiger partial charge in [-0.25, -0.2) is 0 Å². The third-order valence-corrected chi connectivity index (χ3v) is 6.93. The van der Waals surface area contributed by atoms with E-state index in [0.717, 1.165) is 28.4 Å². The van der Waals surface area contributed by atoms with Crippen LogP contribution in [0.4, 0.5) is 34.1 Å². The first kappa shape index (κ1) is 23.3. The Balaban J connectivity index is 1.40. The quantitative estimate of drug-likeness (QED) is 0.171. The summed E-state index contributed by atoms with van der Waals surface area (Å²) in [5.74, 6) is 0. The summed E-state index contributed by atoms with van der Waals surface area (Å²) in [6.07, 6.45) is 0. The Morgan fingerprint density at radius 1 is 0.500 bits per heavy atom. The smallest absolute Gasteiger partial charge is 0.269 e. The first-order valence-electron chi connectivity index (χ1n) is 12.4. The summed E-state index contributed by atoms with van der Waals surface area (Å²) in [4.78, 5) is 14.9. The van der Waals surface area contributed by atoms with Crippen LogP contribution >= 0.6 is 0 Å². The van der Waals surface area contributed by atoms with E-state index in [2.05, 4.69) is 114 Å². The van der Waals surface area contributed by atoms with Gasteiger partial charge >= 0.3 is 0 Å². The molecule has 5 heteroatoms. The van der Waals surface area contributed by atoms with Crippen molar-refractivity contribution in [2.24, 2.45) is 0 Å². The first-order chi connectivity index (χ1) is 18.6. The van der Waals surface area contributed by atoms with E-state index in [-0.39, 0.29) is 10.6 Å². The Morgan fingerprint density at radius 3 is 1.37 bits per heavy atom. The Kier molecular flexibility index (Phi) is 5.94. The van der Waals surface area contributed by atoms with Crippen LogP contribution in [-0.2, 0) is 0 Å². The highest BCUT2D eigenvalue weighted by molar-refractivity contribution is 5.92. The summed E-state index contributed by atoms with van der Waals surface area (Å²) in [5.41, 5.74) is 5.14. The number of anilines is 5. The van der Waals surface area contributed by atoms with E-state index >= 15 is 0 Å². The van der Waals surface area contributed by atoms with Gasteiger partial charge in [0, 0.05) is 47.6 Å². The maximum Gasteiger partial charge on any atom is 0.269 e. The Morgan fingerprint density at radius 2 is 0.895 bits per heavy atom. The predicted octanol–water partition coefficient (Wildman–Crippen LogP) is 9.14. The molecule has 184 valence electrons. The van der Waals surface area contributed by atoms with Crippen LogP contribution in [0.25, 0.3) is 21.5 Å². The van der Waals surface area contributed by atoms with Crippen molar-refractivity contribution < 1.29 is 4.92 Å². The predicted molar refractivity (Wildman–Crippen MR) is 157 cm³/mol. The summed E-state index contributed by atoms with van der Waals surface area (Å²) in [5, 5.41) is 15.8. The summed E-state index contributed by atoms with van der Waals surface area (Å²) >= 11 is 0. The third kappa shape index (κ3) is 4.42. The lowest BCUT2D eigenvalue weighted by Gasteiger charge is -2.27. The van der Waals surface area contributed by atoms with Crippen LogP contribution in [-0.4, -0.2) is 12.0 Å². The molecule has 0 radical (unpaired) electrons. The van der Waals surface area contributed by atoms with Gasteiger partial charge in [0.2, 0.25) is 0 Å². The van der Waals surface area contributed by atoms with Crippen molar-refractivity contribution in [3.63, 3.8) is 0 Å². The number of hydrogen-bond donors (Lipinski definition) is 0. The number of nitro groups is 1. The monoisotopic (exact) mass is 495 g/mol. The highest BCUT2D eigenvalue weighted by atomic mass is 16.6. The van der Waals surface area contributed by atoms with Crippen molar-refractivity contribution in [2.75, 3.05) is 16.8 Å². The van der Waals surface area contributed by atoms with Gasteiger partial charge in [-0.15, -0.1) is 0 Å². The molecule has 0 N–H and O–H groups in total. The molecule has 0 unspecified atom stereocenters. The molecular weight excluding hydrogens is 470 g/mol. The highest BCUT2D eigenvalue weighted by Gasteiger charge is 2.15. The maximum atomic E-state index is 11.0. The molecule has 0 saturated heterocycles. The van der Waals surface area contributed by atoms with Crippen molar-refractivity contribution in [1.82, 2.24) is 0 Å². The SMILES string of the molecule is CN(c1ccc(N(c2ccc3ccccc3c2)c2ccc3ccccc3c2)cc1)c1ccc([N+](=O)[O-])cc1. The van der Waals surface area contributed by atoms with Gasteiger partial charge in [-0.05, 0) is 82.2 Å². The molecule has 0 aromatic heterocycles. The molecule has 6 aromatic rings. The van der Waals surface area contributed by atoms with E-state index in [9.17, 15) is 10.1 Å². The van der Waals surface area contributed by atoms with Gasteiger partial charge in [-0.1, -0.05) is 60.7 Å². The van der Waals surface area contributed by atoms with Crippen LogP contribution in [0.3, 0.4) is 0 Å². The molecule has 0 spiro atoms. The topological polar surface area (TPSA) is 49.6 Å². The zero-order valence-corrected chi connectivity index (χ0v) is 20.9. The third-order valence-electron chi connectivity index (χ3n) is 6.93. The largest absolute Gasteiger partial charge is 0.345 e. The average Bonchev–Trinajstić information content (AvgIpc) is 2.97. The minimum absolute atomic E-state index is 0.0823. The molecule has 0 heterocycles. The molecular formula is C33H25N3O2. The maximum absolute atomic E-state index is 11.0. The van der Waals surface area contributed by atoms with Crippen LogP contribution in [0.15, 0.2) is 133 Å². The number of non-ortho nitro benzene ring substituents is 1. The second kappa shape index (κ2) is 9.71.